The van der Waals surface area contributed by atoms with Gasteiger partial charge in [-0.15, -0.1) is 0 Å². The van der Waals surface area contributed by atoms with Crippen molar-refractivity contribution in [3.8, 4) is 0 Å². The average Bonchev–Trinajstić information content (AvgIpc) is 2.17. The molecule has 6 heteroatoms. The van der Waals surface area contributed by atoms with E-state index in [9.17, 15) is 12.8 Å². The van der Waals surface area contributed by atoms with Crippen molar-refractivity contribution in [2.75, 3.05) is 6.61 Å². The number of hydrogen-bond donors (Lipinski definition) is 2. The molecule has 0 aliphatic rings. The minimum absolute atomic E-state index is 0.0239. The first-order chi connectivity index (χ1) is 6.95. The standard InChI is InChI=1S/C9H12FNO3S/c1-7(6-12)11-15(13,14)9-4-2-8(10)3-5-9/h2-5,7,11-12H,6H2,1H3/t7-/m0/s1. The zero-order chi connectivity index (χ0) is 11.5. The molecule has 0 amide bonds. The van der Waals surface area contributed by atoms with Crippen molar-refractivity contribution in [2.24, 2.45) is 0 Å². The number of halogens is 1. The largest absolute Gasteiger partial charge is 0.395 e. The molecule has 0 saturated heterocycles. The second-order valence-corrected chi connectivity index (χ2v) is 4.87. The van der Waals surface area contributed by atoms with E-state index in [0.717, 1.165) is 12.1 Å². The van der Waals surface area contributed by atoms with Gasteiger partial charge in [-0.05, 0) is 31.2 Å². The third-order valence-corrected chi connectivity index (χ3v) is 3.36. The molecule has 84 valence electrons. The van der Waals surface area contributed by atoms with Crippen LogP contribution in [0.1, 0.15) is 6.92 Å². The van der Waals surface area contributed by atoms with E-state index in [2.05, 4.69) is 4.72 Å². The van der Waals surface area contributed by atoms with Gasteiger partial charge in [-0.2, -0.15) is 0 Å². The van der Waals surface area contributed by atoms with Crippen LogP contribution in [0.3, 0.4) is 0 Å². The zero-order valence-corrected chi connectivity index (χ0v) is 8.96. The van der Waals surface area contributed by atoms with E-state index in [1.807, 2.05) is 0 Å². The van der Waals surface area contributed by atoms with E-state index in [1.54, 1.807) is 0 Å². The van der Waals surface area contributed by atoms with E-state index in [1.165, 1.54) is 19.1 Å². The molecule has 0 heterocycles. The van der Waals surface area contributed by atoms with Gasteiger partial charge in [-0.25, -0.2) is 17.5 Å². The number of sulfonamides is 1. The summed E-state index contributed by atoms with van der Waals surface area (Å²) in [6.07, 6.45) is 0. The average molecular weight is 233 g/mol. The van der Waals surface area contributed by atoms with Crippen LogP contribution in [0, 0.1) is 5.82 Å². The van der Waals surface area contributed by atoms with Crippen LogP contribution in [0.15, 0.2) is 29.2 Å². The number of benzene rings is 1. The molecule has 1 aromatic rings. The van der Waals surface area contributed by atoms with Crippen molar-refractivity contribution in [1.29, 1.82) is 0 Å². The zero-order valence-electron chi connectivity index (χ0n) is 8.14. The predicted octanol–water partition coefficient (Wildman–Crippen LogP) is 0.485. The highest BCUT2D eigenvalue weighted by Gasteiger charge is 2.16. The normalized spacial score (nSPS) is 13.8. The maximum absolute atomic E-state index is 12.5. The lowest BCUT2D eigenvalue weighted by molar-refractivity contribution is 0.265. The van der Waals surface area contributed by atoms with Crippen LogP contribution in [0.25, 0.3) is 0 Å². The Bertz CT molecular complexity index is 415. The third-order valence-electron chi connectivity index (χ3n) is 1.75. The molecule has 1 aromatic carbocycles. The monoisotopic (exact) mass is 233 g/mol. The second-order valence-electron chi connectivity index (χ2n) is 3.16. The Balaban J connectivity index is 2.91. The summed E-state index contributed by atoms with van der Waals surface area (Å²) in [5.74, 6) is -0.496. The summed E-state index contributed by atoms with van der Waals surface area (Å²) in [7, 11) is -3.67. The molecule has 0 aromatic heterocycles. The SMILES string of the molecule is C[C@@H](CO)NS(=O)(=O)c1ccc(F)cc1. The van der Waals surface area contributed by atoms with Crippen molar-refractivity contribution in [1.82, 2.24) is 4.72 Å². The summed E-state index contributed by atoms with van der Waals surface area (Å²) in [6, 6.07) is 3.90. The predicted molar refractivity (Wildman–Crippen MR) is 53.3 cm³/mol. The van der Waals surface area contributed by atoms with Gasteiger partial charge in [0.05, 0.1) is 11.5 Å². The number of nitrogens with one attached hydrogen (secondary N) is 1. The lowest BCUT2D eigenvalue weighted by atomic mass is 10.4. The molecule has 15 heavy (non-hydrogen) atoms. The number of aliphatic hydroxyl groups excluding tert-OH is 1. The van der Waals surface area contributed by atoms with Crippen molar-refractivity contribution in [3.05, 3.63) is 30.1 Å². The van der Waals surface area contributed by atoms with Crippen LogP contribution in [0.4, 0.5) is 4.39 Å². The molecule has 0 aliphatic heterocycles. The Morgan fingerprint density at radius 1 is 1.40 bits per heavy atom. The number of aliphatic hydroxyl groups is 1. The lowest BCUT2D eigenvalue weighted by Crippen LogP contribution is -2.34. The molecule has 2 N–H and O–H groups in total. The van der Waals surface area contributed by atoms with Crippen LogP contribution in [0.5, 0.6) is 0 Å². The van der Waals surface area contributed by atoms with Crippen molar-refractivity contribution < 1.29 is 17.9 Å². The molecule has 0 bridgehead atoms. The molecule has 0 radical (unpaired) electrons. The van der Waals surface area contributed by atoms with Crippen LogP contribution in [-0.4, -0.2) is 26.2 Å². The molecule has 0 saturated carbocycles. The molecule has 0 fully saturated rings. The van der Waals surface area contributed by atoms with Crippen molar-refractivity contribution in [3.63, 3.8) is 0 Å². The molecule has 1 atom stereocenters. The Morgan fingerprint density at radius 2 is 1.93 bits per heavy atom. The molecular formula is C9H12FNO3S. The highest BCUT2D eigenvalue weighted by Crippen LogP contribution is 2.09. The first kappa shape index (κ1) is 12.1. The fraction of sp³-hybridized carbons (Fsp3) is 0.333. The summed E-state index contributed by atoms with van der Waals surface area (Å²) < 4.78 is 37.9. The van der Waals surface area contributed by atoms with Gasteiger partial charge in [-0.1, -0.05) is 0 Å². The van der Waals surface area contributed by atoms with E-state index in [4.69, 9.17) is 5.11 Å². The molecule has 0 unspecified atom stereocenters. The minimum Gasteiger partial charge on any atom is -0.395 e. The van der Waals surface area contributed by atoms with Gasteiger partial charge in [0, 0.05) is 6.04 Å². The van der Waals surface area contributed by atoms with E-state index in [0.29, 0.717) is 0 Å². The summed E-state index contributed by atoms with van der Waals surface area (Å²) >= 11 is 0. The fourth-order valence-electron chi connectivity index (χ4n) is 0.984. The third kappa shape index (κ3) is 3.26. The fourth-order valence-corrected chi connectivity index (χ4v) is 2.22. The van der Waals surface area contributed by atoms with Gasteiger partial charge in [0.2, 0.25) is 10.0 Å². The Labute approximate surface area is 87.8 Å². The van der Waals surface area contributed by atoms with E-state index >= 15 is 0 Å². The minimum atomic E-state index is -3.67. The Kier molecular flexibility index (Phi) is 3.78. The van der Waals surface area contributed by atoms with Gasteiger partial charge < -0.3 is 5.11 Å². The molecule has 1 rings (SSSR count). The van der Waals surface area contributed by atoms with Crippen LogP contribution in [-0.2, 0) is 10.0 Å². The summed E-state index contributed by atoms with van der Waals surface area (Å²) in [6.45, 7) is 1.24. The van der Waals surface area contributed by atoms with E-state index in [-0.39, 0.29) is 11.5 Å². The smallest absolute Gasteiger partial charge is 0.240 e. The van der Waals surface area contributed by atoms with Crippen molar-refractivity contribution >= 4 is 10.0 Å². The maximum atomic E-state index is 12.5. The van der Waals surface area contributed by atoms with Gasteiger partial charge in [-0.3, -0.25) is 0 Å². The Morgan fingerprint density at radius 3 is 2.40 bits per heavy atom. The molecular weight excluding hydrogens is 221 g/mol. The van der Waals surface area contributed by atoms with Crippen LogP contribution >= 0.6 is 0 Å². The van der Waals surface area contributed by atoms with Gasteiger partial charge in [0.25, 0.3) is 0 Å². The van der Waals surface area contributed by atoms with Gasteiger partial charge in [0.15, 0.2) is 0 Å². The van der Waals surface area contributed by atoms with E-state index < -0.39 is 21.9 Å². The topological polar surface area (TPSA) is 66.4 Å². The van der Waals surface area contributed by atoms with Crippen LogP contribution in [0.2, 0.25) is 0 Å². The number of hydrogen-bond acceptors (Lipinski definition) is 3. The maximum Gasteiger partial charge on any atom is 0.240 e. The first-order valence-corrected chi connectivity index (χ1v) is 5.83. The highest BCUT2D eigenvalue weighted by atomic mass is 32.2. The molecule has 4 nitrogen and oxygen atoms in total. The quantitative estimate of drug-likeness (QED) is 0.795. The Hall–Kier alpha value is -0.980. The molecule has 0 aliphatic carbocycles. The number of rotatable bonds is 4. The van der Waals surface area contributed by atoms with Gasteiger partial charge >= 0.3 is 0 Å². The van der Waals surface area contributed by atoms with Crippen LogP contribution < -0.4 is 4.72 Å². The summed E-state index contributed by atoms with van der Waals surface area (Å²) in [5, 5.41) is 8.70. The van der Waals surface area contributed by atoms with Crippen molar-refractivity contribution in [2.45, 2.75) is 17.9 Å². The molecule has 0 spiro atoms. The lowest BCUT2D eigenvalue weighted by Gasteiger charge is -2.11. The summed E-state index contributed by atoms with van der Waals surface area (Å²) in [5.41, 5.74) is 0. The second kappa shape index (κ2) is 4.69. The highest BCUT2D eigenvalue weighted by molar-refractivity contribution is 7.89. The van der Waals surface area contributed by atoms with Gasteiger partial charge in [0.1, 0.15) is 5.82 Å². The summed E-state index contributed by atoms with van der Waals surface area (Å²) in [4.78, 5) is -0.0239. The first-order valence-electron chi connectivity index (χ1n) is 4.34.